The lowest BCUT2D eigenvalue weighted by molar-refractivity contribution is -0.119. The van der Waals surface area contributed by atoms with Crippen LogP contribution in [0.4, 0.5) is 4.79 Å². The van der Waals surface area contributed by atoms with Gasteiger partial charge in [0.2, 0.25) is 5.91 Å². The minimum absolute atomic E-state index is 0.0341. The van der Waals surface area contributed by atoms with E-state index in [0.29, 0.717) is 6.04 Å². The summed E-state index contributed by atoms with van der Waals surface area (Å²) >= 11 is 1.74. The zero-order chi connectivity index (χ0) is 23.9. The Morgan fingerprint density at radius 1 is 1.00 bits per heavy atom. The zero-order valence-electron chi connectivity index (χ0n) is 20.7. The Kier molecular flexibility index (Phi) is 27.2. The van der Waals surface area contributed by atoms with Gasteiger partial charge in [0.15, 0.2) is 0 Å². The molecule has 4 unspecified atom stereocenters. The van der Waals surface area contributed by atoms with Gasteiger partial charge in [0.25, 0.3) is 0 Å². The molecule has 0 aromatic rings. The van der Waals surface area contributed by atoms with E-state index < -0.39 is 6.23 Å². The lowest BCUT2D eigenvalue weighted by Gasteiger charge is -2.09. The first-order valence-electron chi connectivity index (χ1n) is 11.3. The Morgan fingerprint density at radius 3 is 1.90 bits per heavy atom. The Hall–Kier alpha value is -0.990. The molecule has 4 atom stereocenters. The zero-order valence-corrected chi connectivity index (χ0v) is 21.5. The topological polar surface area (TPSA) is 116 Å². The second kappa shape index (κ2) is 24.3. The number of aliphatic hydroxyl groups is 1. The van der Waals surface area contributed by atoms with Crippen LogP contribution in [0.1, 0.15) is 80.6 Å². The first kappa shape index (κ1) is 33.6. The summed E-state index contributed by atoms with van der Waals surface area (Å²) in [7, 11) is 0. The summed E-state index contributed by atoms with van der Waals surface area (Å²) in [6.07, 6.45) is 6.83. The van der Waals surface area contributed by atoms with Crippen LogP contribution in [0, 0.1) is 11.8 Å². The maximum Gasteiger partial charge on any atom is 0.314 e. The molecule has 0 aromatic heterocycles. The Labute approximate surface area is 190 Å². The number of thioether (sulfide) groups is 1. The van der Waals surface area contributed by atoms with E-state index in [-0.39, 0.29) is 17.9 Å². The van der Waals surface area contributed by atoms with Crippen LogP contribution in [0.25, 0.3) is 0 Å². The summed E-state index contributed by atoms with van der Waals surface area (Å²) in [6.45, 7) is 15.5. The summed E-state index contributed by atoms with van der Waals surface area (Å²) < 4.78 is 0. The summed E-state index contributed by atoms with van der Waals surface area (Å²) in [5.74, 6) is 2.03. The van der Waals surface area contributed by atoms with E-state index in [1.807, 2.05) is 34.0 Å². The molecule has 0 spiro atoms. The van der Waals surface area contributed by atoms with Crippen LogP contribution < -0.4 is 21.7 Å². The maximum absolute atomic E-state index is 11.2. The average molecular weight is 451 g/mol. The van der Waals surface area contributed by atoms with Crippen molar-refractivity contribution in [2.45, 2.75) is 92.8 Å². The number of carbonyl (C=O) groups excluding carboxylic acids is 2. The predicted octanol–water partition coefficient (Wildman–Crippen LogP) is 3.71. The van der Waals surface area contributed by atoms with E-state index >= 15 is 0 Å². The fourth-order valence-corrected chi connectivity index (χ4v) is 2.18. The third-order valence-electron chi connectivity index (χ3n) is 4.74. The summed E-state index contributed by atoms with van der Waals surface area (Å²) in [5.41, 5.74) is 5.10. The Morgan fingerprint density at radius 2 is 1.57 bits per heavy atom. The number of nitrogens with one attached hydrogen (secondary N) is 3. The van der Waals surface area contributed by atoms with Gasteiger partial charge in [-0.1, -0.05) is 41.0 Å². The van der Waals surface area contributed by atoms with E-state index in [0.717, 1.165) is 44.0 Å². The van der Waals surface area contributed by atoms with Crippen molar-refractivity contribution < 1.29 is 14.7 Å². The highest BCUT2D eigenvalue weighted by Crippen LogP contribution is 2.07. The highest BCUT2D eigenvalue weighted by Gasteiger charge is 2.03. The van der Waals surface area contributed by atoms with Crippen molar-refractivity contribution in [3.63, 3.8) is 0 Å². The smallest absolute Gasteiger partial charge is 0.314 e. The lowest BCUT2D eigenvalue weighted by Crippen LogP contribution is -2.37. The molecule has 30 heavy (non-hydrogen) atoms. The van der Waals surface area contributed by atoms with E-state index in [2.05, 4.69) is 29.8 Å². The molecule has 182 valence electrons. The molecule has 0 rings (SSSR count). The first-order valence-corrected chi connectivity index (χ1v) is 12.7. The fraction of sp³-hybridized carbons (Fsp3) is 0.909. The normalized spacial score (nSPS) is 13.9. The van der Waals surface area contributed by atoms with Gasteiger partial charge in [-0.2, -0.15) is 11.8 Å². The average Bonchev–Trinajstić information content (AvgIpc) is 2.70. The number of hydrogen-bond acceptors (Lipinski definition) is 5. The number of carbonyl (C=O) groups is 2. The highest BCUT2D eigenvalue weighted by atomic mass is 32.2. The predicted molar refractivity (Wildman–Crippen MR) is 132 cm³/mol. The second-order valence-corrected chi connectivity index (χ2v) is 8.70. The molecular formula is C22H50N4O3S. The summed E-state index contributed by atoms with van der Waals surface area (Å²) in [4.78, 5) is 21.5. The largest absolute Gasteiger partial charge is 0.379 e. The molecule has 0 aromatic carbocycles. The van der Waals surface area contributed by atoms with Crippen LogP contribution in [0.5, 0.6) is 0 Å². The van der Waals surface area contributed by atoms with Gasteiger partial charge in [-0.25, -0.2) is 4.79 Å². The van der Waals surface area contributed by atoms with Gasteiger partial charge in [0.1, 0.15) is 6.23 Å². The minimum Gasteiger partial charge on any atom is -0.379 e. The van der Waals surface area contributed by atoms with Crippen molar-refractivity contribution in [3.05, 3.63) is 0 Å². The number of hydrogen-bond donors (Lipinski definition) is 5. The number of rotatable bonds is 12. The van der Waals surface area contributed by atoms with Crippen molar-refractivity contribution in [3.8, 4) is 0 Å². The molecule has 0 aliphatic rings. The lowest BCUT2D eigenvalue weighted by atomic mass is 10.0. The number of amides is 3. The summed E-state index contributed by atoms with van der Waals surface area (Å²) in [6, 6.07) is 0.292. The van der Waals surface area contributed by atoms with Crippen molar-refractivity contribution in [1.29, 1.82) is 0 Å². The third-order valence-corrected chi connectivity index (χ3v) is 5.35. The molecule has 7 nitrogen and oxygen atoms in total. The van der Waals surface area contributed by atoms with Crippen LogP contribution in [0.2, 0.25) is 0 Å². The standard InChI is InChI=1S/C11H24N2OS.C6H13NO.C5H13NO/c1-4-10(2)6-5-7-12-11(14)13-8-9-15-3;1-4-5(2)7-6(3)8;1-3-4(2)5(6)7/h10H,4-9H2,1-3H3,(H2,12,13,14);5H,4H2,1-3H3,(H,7,8);4-5,7H,3,6H2,1-2H3. The molecular weight excluding hydrogens is 400 g/mol. The molecule has 0 radical (unpaired) electrons. The van der Waals surface area contributed by atoms with Crippen LogP contribution in [0.3, 0.4) is 0 Å². The molecule has 6 N–H and O–H groups in total. The first-order chi connectivity index (χ1) is 14.0. The maximum atomic E-state index is 11.2. The van der Waals surface area contributed by atoms with Gasteiger partial charge in [-0.3, -0.25) is 4.79 Å². The van der Waals surface area contributed by atoms with Crippen molar-refractivity contribution in [1.82, 2.24) is 16.0 Å². The van der Waals surface area contributed by atoms with Crippen molar-refractivity contribution in [2.24, 2.45) is 17.6 Å². The molecule has 0 bridgehead atoms. The van der Waals surface area contributed by atoms with Gasteiger partial charge in [-0.05, 0) is 50.7 Å². The van der Waals surface area contributed by atoms with Crippen molar-refractivity contribution in [2.75, 3.05) is 25.1 Å². The summed E-state index contributed by atoms with van der Waals surface area (Å²) in [5, 5.41) is 17.0. The van der Waals surface area contributed by atoms with Gasteiger partial charge in [0.05, 0.1) is 0 Å². The molecule has 0 aliphatic heterocycles. The SMILES string of the molecule is CCC(C)C(N)O.CCC(C)CCCNC(=O)NCCSC.CCC(C)NC(C)=O. The highest BCUT2D eigenvalue weighted by molar-refractivity contribution is 7.98. The number of urea groups is 1. The van der Waals surface area contributed by atoms with Gasteiger partial charge in [-0.15, -0.1) is 0 Å². The Balaban J connectivity index is -0.000000408. The minimum atomic E-state index is -0.634. The van der Waals surface area contributed by atoms with E-state index in [1.54, 1.807) is 11.8 Å². The van der Waals surface area contributed by atoms with Crippen LogP contribution in [-0.2, 0) is 4.79 Å². The molecule has 0 fully saturated rings. The number of aliphatic hydroxyl groups excluding tert-OH is 1. The third kappa shape index (κ3) is 29.2. The van der Waals surface area contributed by atoms with Crippen LogP contribution in [0.15, 0.2) is 0 Å². The van der Waals surface area contributed by atoms with E-state index in [9.17, 15) is 9.59 Å². The van der Waals surface area contributed by atoms with Crippen LogP contribution in [-0.4, -0.2) is 54.4 Å². The second-order valence-electron chi connectivity index (χ2n) is 7.72. The van der Waals surface area contributed by atoms with E-state index in [4.69, 9.17) is 10.8 Å². The Bertz CT molecular complexity index is 399. The molecule has 8 heteroatoms. The fourth-order valence-electron chi connectivity index (χ4n) is 1.88. The molecule has 0 heterocycles. The molecule has 0 aliphatic carbocycles. The van der Waals surface area contributed by atoms with Crippen molar-refractivity contribution >= 4 is 23.7 Å². The van der Waals surface area contributed by atoms with Crippen LogP contribution >= 0.6 is 11.8 Å². The number of nitrogens with two attached hydrogens (primary N) is 1. The molecule has 3 amide bonds. The van der Waals surface area contributed by atoms with E-state index in [1.165, 1.54) is 19.8 Å². The molecule has 0 saturated carbocycles. The monoisotopic (exact) mass is 450 g/mol. The quantitative estimate of drug-likeness (QED) is 0.230. The van der Waals surface area contributed by atoms with Gasteiger partial charge in [0, 0.05) is 31.8 Å². The van der Waals surface area contributed by atoms with Gasteiger partial charge >= 0.3 is 6.03 Å². The van der Waals surface area contributed by atoms with Gasteiger partial charge < -0.3 is 26.8 Å². The molecule has 0 saturated heterocycles.